The Balaban J connectivity index is 1.68. The number of carbonyl (C=O) groups is 1. The van der Waals surface area contributed by atoms with Crippen molar-refractivity contribution in [3.63, 3.8) is 0 Å². The molecular formula is C19H16ClNOS. The van der Waals surface area contributed by atoms with Gasteiger partial charge in [0.2, 0.25) is 5.91 Å². The molecule has 0 radical (unpaired) electrons. The second kappa shape index (κ2) is 7.07. The first kappa shape index (κ1) is 15.9. The lowest BCUT2D eigenvalue weighted by atomic mass is 10.1. The minimum Gasteiger partial charge on any atom is -0.325 e. The molecule has 0 aliphatic carbocycles. The van der Waals surface area contributed by atoms with Crippen LogP contribution in [0.3, 0.4) is 0 Å². The fourth-order valence-corrected chi connectivity index (χ4v) is 3.28. The lowest BCUT2D eigenvalue weighted by molar-refractivity contribution is -0.115. The number of fused-ring (bicyclic) bond motifs is 1. The van der Waals surface area contributed by atoms with Gasteiger partial charge >= 0.3 is 0 Å². The zero-order valence-corrected chi connectivity index (χ0v) is 14.2. The standard InChI is InChI=1S/C19H16ClNOS/c1-13(23-18-10-7-16(20)8-11-18)19(22)21-17-9-6-14-4-2-3-5-15(14)12-17/h2-13H,1H3,(H,21,22)/t13-/m1/s1. The van der Waals surface area contributed by atoms with Gasteiger partial charge in [0.25, 0.3) is 0 Å². The van der Waals surface area contributed by atoms with Gasteiger partial charge in [0.15, 0.2) is 0 Å². The van der Waals surface area contributed by atoms with Gasteiger partial charge in [-0.15, -0.1) is 11.8 Å². The normalized spacial score (nSPS) is 12.1. The molecule has 116 valence electrons. The molecule has 1 atom stereocenters. The van der Waals surface area contributed by atoms with Crippen molar-refractivity contribution in [1.82, 2.24) is 0 Å². The molecule has 0 aliphatic heterocycles. The number of benzene rings is 3. The van der Waals surface area contributed by atoms with E-state index in [1.54, 1.807) is 0 Å². The second-order valence-corrected chi connectivity index (χ2v) is 7.12. The summed E-state index contributed by atoms with van der Waals surface area (Å²) in [6, 6.07) is 21.5. The van der Waals surface area contributed by atoms with Crippen LogP contribution < -0.4 is 5.32 Å². The van der Waals surface area contributed by atoms with E-state index in [4.69, 9.17) is 11.6 Å². The fraction of sp³-hybridized carbons (Fsp3) is 0.105. The van der Waals surface area contributed by atoms with Crippen molar-refractivity contribution in [2.45, 2.75) is 17.1 Å². The number of carbonyl (C=O) groups excluding carboxylic acids is 1. The SMILES string of the molecule is C[C@@H](Sc1ccc(Cl)cc1)C(=O)Nc1ccc2ccccc2c1. The molecule has 0 heterocycles. The van der Waals surface area contributed by atoms with Crippen LogP contribution >= 0.6 is 23.4 Å². The van der Waals surface area contributed by atoms with Gasteiger partial charge in [0.1, 0.15) is 0 Å². The van der Waals surface area contributed by atoms with Gasteiger partial charge in [-0.2, -0.15) is 0 Å². The highest BCUT2D eigenvalue weighted by molar-refractivity contribution is 8.00. The number of anilines is 1. The Hall–Kier alpha value is -1.97. The largest absolute Gasteiger partial charge is 0.325 e. The van der Waals surface area contributed by atoms with Crippen LogP contribution in [0.15, 0.2) is 71.6 Å². The van der Waals surface area contributed by atoms with E-state index in [2.05, 4.69) is 11.4 Å². The highest BCUT2D eigenvalue weighted by atomic mass is 35.5. The van der Waals surface area contributed by atoms with E-state index in [0.29, 0.717) is 5.02 Å². The third kappa shape index (κ3) is 4.06. The molecule has 0 fully saturated rings. The quantitative estimate of drug-likeness (QED) is 0.625. The summed E-state index contributed by atoms with van der Waals surface area (Å²) in [7, 11) is 0. The first-order valence-corrected chi connectivity index (χ1v) is 8.59. The van der Waals surface area contributed by atoms with E-state index < -0.39 is 0 Å². The summed E-state index contributed by atoms with van der Waals surface area (Å²) in [6.45, 7) is 1.90. The van der Waals surface area contributed by atoms with Gasteiger partial charge in [-0.25, -0.2) is 0 Å². The Morgan fingerprint density at radius 2 is 1.70 bits per heavy atom. The van der Waals surface area contributed by atoms with E-state index in [1.807, 2.05) is 67.6 Å². The minimum absolute atomic E-state index is 0.0137. The van der Waals surface area contributed by atoms with Gasteiger partial charge in [0.05, 0.1) is 5.25 Å². The Kier molecular flexibility index (Phi) is 4.89. The molecule has 3 aromatic carbocycles. The summed E-state index contributed by atoms with van der Waals surface area (Å²) in [5.41, 5.74) is 0.817. The van der Waals surface area contributed by atoms with Gasteiger partial charge in [0, 0.05) is 15.6 Å². The number of rotatable bonds is 4. The van der Waals surface area contributed by atoms with Gasteiger partial charge in [-0.05, 0) is 54.1 Å². The van der Waals surface area contributed by atoms with Crippen molar-refractivity contribution >= 4 is 45.7 Å². The molecule has 1 N–H and O–H groups in total. The molecule has 2 nitrogen and oxygen atoms in total. The van der Waals surface area contributed by atoms with E-state index in [1.165, 1.54) is 11.8 Å². The lowest BCUT2D eigenvalue weighted by Gasteiger charge is -2.12. The summed E-state index contributed by atoms with van der Waals surface area (Å²) in [6.07, 6.45) is 0. The third-order valence-corrected chi connectivity index (χ3v) is 4.88. The average Bonchev–Trinajstić information content (AvgIpc) is 2.56. The molecule has 0 aliphatic rings. The lowest BCUT2D eigenvalue weighted by Crippen LogP contribution is -2.22. The van der Waals surface area contributed by atoms with E-state index >= 15 is 0 Å². The molecule has 23 heavy (non-hydrogen) atoms. The van der Waals surface area contributed by atoms with Crippen LogP contribution in [0.2, 0.25) is 5.02 Å². The average molecular weight is 342 g/mol. The number of thioether (sulfide) groups is 1. The van der Waals surface area contributed by atoms with Crippen LogP contribution in [0.4, 0.5) is 5.69 Å². The van der Waals surface area contributed by atoms with Crippen molar-refractivity contribution < 1.29 is 4.79 Å². The molecule has 0 unspecified atom stereocenters. The van der Waals surface area contributed by atoms with Crippen LogP contribution in [0, 0.1) is 0 Å². The van der Waals surface area contributed by atoms with Crippen LogP contribution in [0.5, 0.6) is 0 Å². The molecule has 0 bridgehead atoms. The smallest absolute Gasteiger partial charge is 0.237 e. The highest BCUT2D eigenvalue weighted by Crippen LogP contribution is 2.26. The molecule has 0 saturated carbocycles. The first-order chi connectivity index (χ1) is 11.1. The summed E-state index contributed by atoms with van der Waals surface area (Å²) < 4.78 is 0. The minimum atomic E-state index is -0.192. The maximum atomic E-state index is 12.4. The van der Waals surface area contributed by atoms with Crippen molar-refractivity contribution in [1.29, 1.82) is 0 Å². The summed E-state index contributed by atoms with van der Waals surface area (Å²) in [5, 5.41) is 5.76. The fourth-order valence-electron chi connectivity index (χ4n) is 2.28. The highest BCUT2D eigenvalue weighted by Gasteiger charge is 2.14. The molecule has 3 rings (SSSR count). The number of nitrogens with one attached hydrogen (secondary N) is 1. The topological polar surface area (TPSA) is 29.1 Å². The van der Waals surface area contributed by atoms with Crippen molar-refractivity contribution in [3.8, 4) is 0 Å². The molecule has 0 spiro atoms. The van der Waals surface area contributed by atoms with Crippen molar-refractivity contribution in [3.05, 3.63) is 71.8 Å². The van der Waals surface area contributed by atoms with Crippen LogP contribution in [0.25, 0.3) is 10.8 Å². The number of hydrogen-bond acceptors (Lipinski definition) is 2. The summed E-state index contributed by atoms with van der Waals surface area (Å²) in [5.74, 6) is -0.0137. The number of hydrogen-bond donors (Lipinski definition) is 1. The Morgan fingerprint density at radius 1 is 1.00 bits per heavy atom. The zero-order valence-electron chi connectivity index (χ0n) is 12.6. The monoisotopic (exact) mass is 341 g/mol. The van der Waals surface area contributed by atoms with Gasteiger partial charge < -0.3 is 5.32 Å². The Morgan fingerprint density at radius 3 is 2.43 bits per heavy atom. The second-order valence-electron chi connectivity index (χ2n) is 5.27. The first-order valence-electron chi connectivity index (χ1n) is 7.34. The van der Waals surface area contributed by atoms with Crippen LogP contribution in [0.1, 0.15) is 6.92 Å². The number of halogens is 1. The Labute approximate surface area is 144 Å². The maximum absolute atomic E-state index is 12.4. The van der Waals surface area contributed by atoms with E-state index in [9.17, 15) is 4.79 Å². The van der Waals surface area contributed by atoms with Crippen LogP contribution in [-0.4, -0.2) is 11.2 Å². The predicted molar refractivity (Wildman–Crippen MR) is 99.3 cm³/mol. The molecule has 0 aromatic heterocycles. The number of amides is 1. The summed E-state index contributed by atoms with van der Waals surface area (Å²) >= 11 is 7.39. The molecule has 0 saturated heterocycles. The molecule has 1 amide bonds. The van der Waals surface area contributed by atoms with Gasteiger partial charge in [-0.3, -0.25) is 4.79 Å². The van der Waals surface area contributed by atoms with E-state index in [-0.39, 0.29) is 11.2 Å². The molecule has 3 aromatic rings. The van der Waals surface area contributed by atoms with Gasteiger partial charge in [-0.1, -0.05) is 41.9 Å². The molecule has 4 heteroatoms. The predicted octanol–water partition coefficient (Wildman–Crippen LogP) is 5.61. The van der Waals surface area contributed by atoms with Crippen molar-refractivity contribution in [2.75, 3.05) is 5.32 Å². The van der Waals surface area contributed by atoms with E-state index in [0.717, 1.165) is 21.4 Å². The Bertz CT molecular complexity index is 832. The third-order valence-electron chi connectivity index (χ3n) is 3.51. The van der Waals surface area contributed by atoms with Crippen molar-refractivity contribution in [2.24, 2.45) is 0 Å². The zero-order chi connectivity index (χ0) is 16.2. The summed E-state index contributed by atoms with van der Waals surface area (Å²) in [4.78, 5) is 13.4. The van der Waals surface area contributed by atoms with Crippen LogP contribution in [-0.2, 0) is 4.79 Å². The molecular weight excluding hydrogens is 326 g/mol. The maximum Gasteiger partial charge on any atom is 0.237 e.